The van der Waals surface area contributed by atoms with Gasteiger partial charge in [-0.05, 0) is 33.5 Å². The van der Waals surface area contributed by atoms with Crippen LogP contribution in [0, 0.1) is 11.2 Å². The molecular weight excluding hydrogens is 282 g/mol. The SMILES string of the molecule is CC(C)(C)C(O)c1cc(Cl)c(Br)cc1F. The van der Waals surface area contributed by atoms with Gasteiger partial charge in [0.25, 0.3) is 0 Å². The van der Waals surface area contributed by atoms with Gasteiger partial charge < -0.3 is 5.11 Å². The second-order valence-electron chi connectivity index (χ2n) is 4.56. The molecule has 1 unspecified atom stereocenters. The predicted octanol–water partition coefficient (Wildman–Crippen LogP) is 4.32. The third-order valence-corrected chi connectivity index (χ3v) is 3.35. The number of aliphatic hydroxyl groups excluding tert-OH is 1. The summed E-state index contributed by atoms with van der Waals surface area (Å²) in [6, 6.07) is 2.73. The van der Waals surface area contributed by atoms with Crippen molar-refractivity contribution in [1.82, 2.24) is 0 Å². The first kappa shape index (κ1) is 12.9. The second kappa shape index (κ2) is 4.40. The molecule has 0 saturated carbocycles. The molecule has 0 bridgehead atoms. The molecule has 1 rings (SSSR count). The number of hydrogen-bond acceptors (Lipinski definition) is 1. The van der Waals surface area contributed by atoms with Gasteiger partial charge in [0, 0.05) is 10.0 Å². The molecule has 0 amide bonds. The van der Waals surface area contributed by atoms with Crippen molar-refractivity contribution in [1.29, 1.82) is 0 Å². The fourth-order valence-corrected chi connectivity index (χ4v) is 1.70. The van der Waals surface area contributed by atoms with Crippen LogP contribution in [0.1, 0.15) is 32.4 Å². The third-order valence-electron chi connectivity index (χ3n) is 2.15. The molecule has 1 aromatic rings. The van der Waals surface area contributed by atoms with Crippen molar-refractivity contribution in [3.63, 3.8) is 0 Å². The van der Waals surface area contributed by atoms with Gasteiger partial charge in [0.1, 0.15) is 5.82 Å². The van der Waals surface area contributed by atoms with Gasteiger partial charge >= 0.3 is 0 Å². The lowest BCUT2D eigenvalue weighted by molar-refractivity contribution is 0.0594. The Morgan fingerprint density at radius 1 is 1.40 bits per heavy atom. The van der Waals surface area contributed by atoms with Crippen LogP contribution in [0.2, 0.25) is 5.02 Å². The molecule has 0 fully saturated rings. The number of halogens is 3. The van der Waals surface area contributed by atoms with E-state index in [1.165, 1.54) is 12.1 Å². The molecule has 1 nitrogen and oxygen atoms in total. The van der Waals surface area contributed by atoms with Crippen molar-refractivity contribution in [3.8, 4) is 0 Å². The maximum absolute atomic E-state index is 13.6. The number of aliphatic hydroxyl groups is 1. The zero-order chi connectivity index (χ0) is 11.8. The molecule has 0 radical (unpaired) electrons. The van der Waals surface area contributed by atoms with Crippen molar-refractivity contribution in [2.45, 2.75) is 26.9 Å². The van der Waals surface area contributed by atoms with Crippen molar-refractivity contribution >= 4 is 27.5 Å². The van der Waals surface area contributed by atoms with Crippen LogP contribution in [0.25, 0.3) is 0 Å². The van der Waals surface area contributed by atoms with Crippen LogP contribution >= 0.6 is 27.5 Å². The Kier molecular flexibility index (Phi) is 3.80. The standard InChI is InChI=1S/C11H13BrClFO/c1-11(2,3)10(15)6-4-8(13)7(12)5-9(6)14/h4-5,10,15H,1-3H3. The highest BCUT2D eigenvalue weighted by Gasteiger charge is 2.26. The van der Waals surface area contributed by atoms with E-state index in [0.717, 1.165) is 0 Å². The van der Waals surface area contributed by atoms with E-state index in [1.807, 2.05) is 20.8 Å². The first-order chi connectivity index (χ1) is 6.73. The lowest BCUT2D eigenvalue weighted by Crippen LogP contribution is -2.19. The van der Waals surface area contributed by atoms with Gasteiger partial charge in [-0.2, -0.15) is 0 Å². The number of benzene rings is 1. The summed E-state index contributed by atoms with van der Waals surface area (Å²) < 4.78 is 14.1. The van der Waals surface area contributed by atoms with Crippen LogP contribution < -0.4 is 0 Å². The monoisotopic (exact) mass is 294 g/mol. The van der Waals surface area contributed by atoms with Crippen LogP contribution in [-0.4, -0.2) is 5.11 Å². The van der Waals surface area contributed by atoms with E-state index in [1.54, 1.807) is 0 Å². The molecule has 15 heavy (non-hydrogen) atoms. The summed E-state index contributed by atoms with van der Waals surface area (Å²) in [4.78, 5) is 0. The maximum atomic E-state index is 13.6. The molecule has 84 valence electrons. The highest BCUT2D eigenvalue weighted by Crippen LogP contribution is 2.36. The lowest BCUT2D eigenvalue weighted by Gasteiger charge is -2.26. The Labute approximate surface area is 102 Å². The summed E-state index contributed by atoms with van der Waals surface area (Å²) in [6.45, 7) is 5.52. The molecule has 0 spiro atoms. The summed E-state index contributed by atoms with van der Waals surface area (Å²) in [5, 5.41) is 10.3. The Bertz CT molecular complexity index is 374. The Hall–Kier alpha value is -0.120. The summed E-state index contributed by atoms with van der Waals surface area (Å²) in [7, 11) is 0. The highest BCUT2D eigenvalue weighted by molar-refractivity contribution is 9.10. The van der Waals surface area contributed by atoms with Crippen LogP contribution in [0.15, 0.2) is 16.6 Å². The molecular formula is C11H13BrClFO. The minimum atomic E-state index is -0.872. The molecule has 4 heteroatoms. The van der Waals surface area contributed by atoms with Gasteiger partial charge in [0.05, 0.1) is 11.1 Å². The van der Waals surface area contributed by atoms with Crippen molar-refractivity contribution in [2.24, 2.45) is 5.41 Å². The second-order valence-corrected chi connectivity index (χ2v) is 5.82. The zero-order valence-electron chi connectivity index (χ0n) is 8.81. The minimum absolute atomic E-state index is 0.232. The smallest absolute Gasteiger partial charge is 0.130 e. The van der Waals surface area contributed by atoms with E-state index in [2.05, 4.69) is 15.9 Å². The van der Waals surface area contributed by atoms with Gasteiger partial charge in [0.2, 0.25) is 0 Å². The largest absolute Gasteiger partial charge is 0.388 e. The van der Waals surface area contributed by atoms with Gasteiger partial charge in [-0.3, -0.25) is 0 Å². The number of hydrogen-bond donors (Lipinski definition) is 1. The van der Waals surface area contributed by atoms with Gasteiger partial charge in [-0.1, -0.05) is 32.4 Å². The molecule has 0 saturated heterocycles. The Balaban J connectivity index is 3.21. The van der Waals surface area contributed by atoms with Crippen LogP contribution in [-0.2, 0) is 0 Å². The molecule has 0 aliphatic carbocycles. The van der Waals surface area contributed by atoms with Crippen LogP contribution in [0.4, 0.5) is 4.39 Å². The van der Waals surface area contributed by atoms with E-state index in [0.29, 0.717) is 9.50 Å². The predicted molar refractivity (Wildman–Crippen MR) is 63.5 cm³/mol. The first-order valence-corrected chi connectivity index (χ1v) is 5.73. The summed E-state index contributed by atoms with van der Waals surface area (Å²) in [6.07, 6.45) is -0.872. The van der Waals surface area contributed by atoms with Crippen LogP contribution in [0.5, 0.6) is 0 Å². The third kappa shape index (κ3) is 2.92. The number of rotatable bonds is 1. The van der Waals surface area contributed by atoms with E-state index in [9.17, 15) is 9.50 Å². The fourth-order valence-electron chi connectivity index (χ4n) is 1.21. The van der Waals surface area contributed by atoms with E-state index in [-0.39, 0.29) is 5.56 Å². The summed E-state index contributed by atoms with van der Waals surface area (Å²) in [5.74, 6) is -0.450. The molecule has 1 atom stereocenters. The van der Waals surface area contributed by atoms with E-state index in [4.69, 9.17) is 11.6 Å². The zero-order valence-corrected chi connectivity index (χ0v) is 11.2. The molecule has 1 aromatic carbocycles. The van der Waals surface area contributed by atoms with Crippen molar-refractivity contribution < 1.29 is 9.50 Å². The minimum Gasteiger partial charge on any atom is -0.388 e. The first-order valence-electron chi connectivity index (χ1n) is 4.56. The summed E-state index contributed by atoms with van der Waals surface area (Å²) >= 11 is 8.98. The Morgan fingerprint density at radius 2 is 1.93 bits per heavy atom. The highest BCUT2D eigenvalue weighted by atomic mass is 79.9. The van der Waals surface area contributed by atoms with E-state index >= 15 is 0 Å². The van der Waals surface area contributed by atoms with Crippen LogP contribution in [0.3, 0.4) is 0 Å². The molecule has 0 aliphatic heterocycles. The molecule has 1 N–H and O–H groups in total. The molecule has 0 aliphatic rings. The summed E-state index contributed by atoms with van der Waals surface area (Å²) in [5.41, 5.74) is -0.187. The average Bonchev–Trinajstić information content (AvgIpc) is 2.08. The quantitative estimate of drug-likeness (QED) is 0.765. The lowest BCUT2D eigenvalue weighted by atomic mass is 9.84. The molecule has 0 heterocycles. The Morgan fingerprint density at radius 3 is 2.40 bits per heavy atom. The maximum Gasteiger partial charge on any atom is 0.130 e. The average molecular weight is 296 g/mol. The topological polar surface area (TPSA) is 20.2 Å². The normalized spacial score (nSPS) is 14.1. The molecule has 0 aromatic heterocycles. The van der Waals surface area contributed by atoms with E-state index < -0.39 is 17.3 Å². The van der Waals surface area contributed by atoms with Crippen molar-refractivity contribution in [3.05, 3.63) is 33.0 Å². The van der Waals surface area contributed by atoms with Crippen molar-refractivity contribution in [2.75, 3.05) is 0 Å². The van der Waals surface area contributed by atoms with Gasteiger partial charge in [-0.15, -0.1) is 0 Å². The van der Waals surface area contributed by atoms with Gasteiger partial charge in [0.15, 0.2) is 0 Å². The van der Waals surface area contributed by atoms with Gasteiger partial charge in [-0.25, -0.2) is 4.39 Å². The fraction of sp³-hybridized carbons (Fsp3) is 0.455.